The molecule has 0 spiro atoms. The van der Waals surface area contributed by atoms with Crippen molar-refractivity contribution in [2.24, 2.45) is 17.8 Å². The molecule has 3 saturated heterocycles. The molecule has 3 aliphatic rings. The Labute approximate surface area is 381 Å². The van der Waals surface area contributed by atoms with E-state index in [2.05, 4.69) is 5.32 Å². The summed E-state index contributed by atoms with van der Waals surface area (Å²) < 4.78 is 44.4. The highest BCUT2D eigenvalue weighted by molar-refractivity contribution is 5.73. The highest BCUT2D eigenvalue weighted by atomic mass is 16.7. The molecule has 1 aromatic rings. The van der Waals surface area contributed by atoms with Gasteiger partial charge in [-0.05, 0) is 119 Å². The fourth-order valence-electron chi connectivity index (χ4n) is 10.1. The van der Waals surface area contributed by atoms with Crippen LogP contribution in [0.25, 0.3) is 0 Å². The zero-order valence-electron chi connectivity index (χ0n) is 40.7. The number of aliphatic hydroxyl groups is 4. The van der Waals surface area contributed by atoms with E-state index in [0.29, 0.717) is 19.4 Å². The van der Waals surface area contributed by atoms with E-state index in [0.717, 1.165) is 5.56 Å². The van der Waals surface area contributed by atoms with Crippen LogP contribution in [0.5, 0.6) is 5.75 Å². The minimum absolute atomic E-state index is 0.0540. The van der Waals surface area contributed by atoms with Crippen molar-refractivity contribution in [3.05, 3.63) is 29.8 Å². The van der Waals surface area contributed by atoms with Crippen LogP contribution in [0.1, 0.15) is 100 Å². The molecule has 1 aromatic carbocycles. The van der Waals surface area contributed by atoms with Gasteiger partial charge in [0.25, 0.3) is 0 Å². The first kappa shape index (κ1) is 53.9. The van der Waals surface area contributed by atoms with Gasteiger partial charge in [-0.15, -0.1) is 0 Å². The first-order valence-electron chi connectivity index (χ1n) is 23.0. The molecule has 0 radical (unpaired) electrons. The van der Waals surface area contributed by atoms with Crippen molar-refractivity contribution in [2.45, 2.75) is 192 Å². The summed E-state index contributed by atoms with van der Waals surface area (Å²) in [6, 6.07) is 5.83. The normalized spacial score (nSPS) is 42.3. The Kier molecular flexibility index (Phi) is 18.9. The van der Waals surface area contributed by atoms with Crippen LogP contribution in [0.2, 0.25) is 0 Å². The lowest BCUT2D eigenvalue weighted by Crippen LogP contribution is -2.61. The lowest BCUT2D eigenvalue weighted by molar-refractivity contribution is -0.317. The number of alkyl carbamates (subject to hydrolysis) is 1. The van der Waals surface area contributed by atoms with Gasteiger partial charge in [0.15, 0.2) is 18.7 Å². The summed E-state index contributed by atoms with van der Waals surface area (Å²) >= 11 is 0. The molecular formula is C47H81N3O14. The number of methoxy groups -OCH3 is 1. The van der Waals surface area contributed by atoms with Gasteiger partial charge >= 0.3 is 12.1 Å². The number of esters is 1. The molecule has 3 heterocycles. The molecule has 6 N–H and O–H groups in total. The van der Waals surface area contributed by atoms with E-state index in [9.17, 15) is 35.1 Å². The van der Waals surface area contributed by atoms with Crippen LogP contribution >= 0.6 is 0 Å². The van der Waals surface area contributed by atoms with E-state index in [4.69, 9.17) is 33.2 Å². The topological polar surface area (TPSA) is 218 Å². The number of carbonyl (C=O) groups excluding carboxylic acids is 2. The van der Waals surface area contributed by atoms with Gasteiger partial charge in [-0.2, -0.15) is 0 Å². The predicted molar refractivity (Wildman–Crippen MR) is 238 cm³/mol. The van der Waals surface area contributed by atoms with E-state index in [1.54, 1.807) is 72.7 Å². The monoisotopic (exact) mass is 912 g/mol. The minimum atomic E-state index is -1.84. The number of nitrogens with one attached hydrogen (secondary N) is 1. The smallest absolute Gasteiger partial charge is 0.407 e. The molecule has 368 valence electrons. The number of ether oxygens (including phenoxy) is 7. The van der Waals surface area contributed by atoms with Gasteiger partial charge in [0.2, 0.25) is 0 Å². The number of aromatic hydroxyl groups is 1. The second-order valence-corrected chi connectivity index (χ2v) is 19.9. The van der Waals surface area contributed by atoms with Gasteiger partial charge in [-0.1, -0.05) is 32.9 Å². The Morgan fingerprint density at radius 3 is 2.20 bits per heavy atom. The highest BCUT2D eigenvalue weighted by Gasteiger charge is 2.53. The van der Waals surface area contributed by atoms with Gasteiger partial charge in [0.1, 0.15) is 35.3 Å². The summed E-state index contributed by atoms with van der Waals surface area (Å²) in [6.07, 6.45) is -9.01. The van der Waals surface area contributed by atoms with E-state index in [-0.39, 0.29) is 49.6 Å². The molecule has 17 nitrogen and oxygen atoms in total. The van der Waals surface area contributed by atoms with Crippen LogP contribution in [0.4, 0.5) is 4.79 Å². The van der Waals surface area contributed by atoms with E-state index < -0.39 is 102 Å². The Bertz CT molecular complexity index is 1630. The van der Waals surface area contributed by atoms with Crippen molar-refractivity contribution in [1.29, 1.82) is 0 Å². The van der Waals surface area contributed by atoms with Crippen LogP contribution in [-0.4, -0.2) is 179 Å². The zero-order valence-corrected chi connectivity index (χ0v) is 40.7. The van der Waals surface area contributed by atoms with Crippen molar-refractivity contribution >= 4 is 12.1 Å². The molecule has 18 atom stereocenters. The predicted octanol–water partition coefficient (Wildman–Crippen LogP) is 3.58. The van der Waals surface area contributed by atoms with Crippen molar-refractivity contribution in [3.63, 3.8) is 0 Å². The third-order valence-electron chi connectivity index (χ3n) is 14.0. The average Bonchev–Trinajstić information content (AvgIpc) is 3.22. The summed E-state index contributed by atoms with van der Waals surface area (Å²) in [5, 5.41) is 60.2. The fourth-order valence-corrected chi connectivity index (χ4v) is 10.1. The zero-order chi connectivity index (χ0) is 48.1. The molecule has 64 heavy (non-hydrogen) atoms. The summed E-state index contributed by atoms with van der Waals surface area (Å²) in [5.74, 6) is -2.65. The summed E-state index contributed by atoms with van der Waals surface area (Å²) in [5.41, 5.74) is -3.67. The number of nitrogens with zero attached hydrogens (tertiary/aromatic N) is 2. The number of likely N-dealkylation sites (N-methyl/N-ethyl adjacent to an activating group) is 2. The minimum Gasteiger partial charge on any atom is -0.508 e. The number of hydrogen-bond donors (Lipinski definition) is 6. The van der Waals surface area contributed by atoms with E-state index in [1.165, 1.54) is 14.0 Å². The van der Waals surface area contributed by atoms with Crippen LogP contribution in [0.3, 0.4) is 0 Å². The van der Waals surface area contributed by atoms with Crippen LogP contribution < -0.4 is 5.32 Å². The summed E-state index contributed by atoms with van der Waals surface area (Å²) in [6.45, 7) is 18.2. The largest absolute Gasteiger partial charge is 0.508 e. The second-order valence-electron chi connectivity index (χ2n) is 19.9. The number of hydrogen-bond acceptors (Lipinski definition) is 16. The Morgan fingerprint density at radius 2 is 1.61 bits per heavy atom. The van der Waals surface area contributed by atoms with Crippen molar-refractivity contribution < 1.29 is 68.3 Å². The van der Waals surface area contributed by atoms with Crippen LogP contribution in [-0.2, 0) is 44.4 Å². The van der Waals surface area contributed by atoms with Crippen molar-refractivity contribution in [2.75, 3.05) is 41.3 Å². The summed E-state index contributed by atoms with van der Waals surface area (Å²) in [4.78, 5) is 31.4. The maximum Gasteiger partial charge on any atom is 0.407 e. The molecule has 0 saturated carbocycles. The Hall–Kier alpha value is -2.68. The maximum absolute atomic E-state index is 14.5. The third kappa shape index (κ3) is 13.1. The van der Waals surface area contributed by atoms with Gasteiger partial charge in [-0.3, -0.25) is 4.79 Å². The number of carbonyl (C=O) groups is 2. The molecule has 0 aliphatic carbocycles. The molecule has 0 aromatic heterocycles. The van der Waals surface area contributed by atoms with Crippen molar-refractivity contribution in [1.82, 2.24) is 15.1 Å². The number of cyclic esters (lactones) is 1. The molecule has 1 amide bonds. The molecule has 4 rings (SSSR count). The number of benzene rings is 1. The molecule has 3 fully saturated rings. The first-order chi connectivity index (χ1) is 29.8. The molecule has 3 aliphatic heterocycles. The van der Waals surface area contributed by atoms with E-state index in [1.807, 2.05) is 44.8 Å². The Balaban J connectivity index is 1.71. The number of rotatable bonds is 11. The standard InChI is InChI=1S/C47H81N3O14/c1-15-35-47(10,57)39(53)30(6)50(13)25-26(2)23-45(8,56)40(63-43-37(52)34(49(11)12)22-27(3)59-43)28(4)38(29(5)42(54)61-35)62-36-24-46(9,58-14)41(31(7)60-36)64-44(55)48-21-20-32-16-18-33(51)19-17-32/h16-19,26-31,34-41,43,51-53,56-57H,15,20-25H2,1-14H3,(H,48,55)/t26-,27-,28+,29-,30-,31+,34+,35-,36+,37-,38+,39-,40-,41+,43+,45+,46-,47-/m1/s1. The first-order valence-corrected chi connectivity index (χ1v) is 23.0. The van der Waals surface area contributed by atoms with Crippen molar-refractivity contribution in [3.8, 4) is 5.75 Å². The molecule has 0 bridgehead atoms. The lowest BCUT2D eigenvalue weighted by atomic mass is 9.77. The molecule has 17 heteroatoms. The van der Waals surface area contributed by atoms with Gasteiger partial charge in [0, 0.05) is 44.6 Å². The third-order valence-corrected chi connectivity index (χ3v) is 14.0. The SMILES string of the molecule is CC[C@H]1OC(=O)[C@H](C)[C@@H](O[C@H]2C[C@@](C)(OC)[C@@H](OC(=O)NCCc3ccc(O)cc3)[C@H](C)O2)[C@H](C)[C@@H](O[C@@H]2O[C@H](C)C[C@H](N(C)C)[C@H]2O)[C@@](C)(O)C[C@@H](C)CN(C)[C@H](C)[C@@H](O)[C@]1(C)O. The highest BCUT2D eigenvalue weighted by Crippen LogP contribution is 2.41. The fraction of sp³-hybridized carbons (Fsp3) is 0.830. The Morgan fingerprint density at radius 1 is 0.969 bits per heavy atom. The van der Waals surface area contributed by atoms with E-state index >= 15 is 0 Å². The second kappa shape index (κ2) is 22.4. The molecule has 0 unspecified atom stereocenters. The van der Waals surface area contributed by atoms with Crippen LogP contribution in [0.15, 0.2) is 24.3 Å². The van der Waals surface area contributed by atoms with Gasteiger partial charge in [0.05, 0.1) is 35.9 Å². The quantitative estimate of drug-likeness (QED) is 0.175. The molecular weight excluding hydrogens is 831 g/mol. The van der Waals surface area contributed by atoms with Gasteiger partial charge in [-0.25, -0.2) is 4.79 Å². The van der Waals surface area contributed by atoms with Gasteiger partial charge < -0.3 is 73.8 Å². The number of phenols is 1. The van der Waals surface area contributed by atoms with Crippen LogP contribution in [0, 0.1) is 17.8 Å². The number of amides is 1. The lowest BCUT2D eigenvalue weighted by Gasteiger charge is -2.49. The number of phenolic OH excluding ortho intramolecular Hbond substituents is 1. The average molecular weight is 912 g/mol. The maximum atomic E-state index is 14.5. The number of aliphatic hydroxyl groups excluding tert-OH is 2. The summed E-state index contributed by atoms with van der Waals surface area (Å²) in [7, 11) is 7.09.